The van der Waals surface area contributed by atoms with Crippen LogP contribution in [-0.4, -0.2) is 5.78 Å². The predicted octanol–water partition coefficient (Wildman–Crippen LogP) is 3.23. The van der Waals surface area contributed by atoms with Crippen molar-refractivity contribution in [3.8, 4) is 0 Å². The number of rotatable bonds is 3. The number of ketones is 1. The molecule has 0 aliphatic rings. The Morgan fingerprint density at radius 3 is 2.29 bits per heavy atom. The number of hydrogen-bond donors (Lipinski definition) is 0. The van der Waals surface area contributed by atoms with Crippen molar-refractivity contribution in [3.05, 3.63) is 41.5 Å². The lowest BCUT2D eigenvalue weighted by atomic mass is 10.1. The summed E-state index contributed by atoms with van der Waals surface area (Å²) in [6, 6.07) is 5.82. The zero-order valence-corrected chi connectivity index (χ0v) is 7.71. The van der Waals surface area contributed by atoms with Crippen LogP contribution in [0.5, 0.6) is 0 Å². The Morgan fingerprint density at radius 1 is 1.29 bits per heavy atom. The third-order valence-electron chi connectivity index (χ3n) is 1.70. The van der Waals surface area contributed by atoms with Crippen molar-refractivity contribution in [2.75, 3.05) is 0 Å². The minimum atomic E-state index is -2.44. The molecule has 1 nitrogen and oxygen atoms in total. The molecule has 0 fully saturated rings. The second-order valence-corrected chi connectivity index (χ2v) is 2.91. The first kappa shape index (κ1) is 10.6. The Hall–Kier alpha value is -1.51. The van der Waals surface area contributed by atoms with Gasteiger partial charge in [0, 0.05) is 5.56 Å². The Morgan fingerprint density at radius 2 is 1.86 bits per heavy atom. The molecule has 0 aromatic heterocycles. The molecule has 0 unspecified atom stereocenters. The monoisotopic (exact) mass is 196 g/mol. The summed E-state index contributed by atoms with van der Waals surface area (Å²) in [5, 5.41) is 0. The standard InChI is InChI=1S/C11H10F2O/c1-8(14)2-3-9-4-6-10(7-5-9)11(12)13/h2-7,11H,1H3/b3-2+. The maximum atomic E-state index is 12.1. The number of carbonyl (C=O) groups excluding carboxylic acids is 1. The molecule has 0 bridgehead atoms. The zero-order valence-electron chi connectivity index (χ0n) is 7.71. The smallest absolute Gasteiger partial charge is 0.263 e. The van der Waals surface area contributed by atoms with Gasteiger partial charge in [0.1, 0.15) is 0 Å². The molecule has 74 valence electrons. The van der Waals surface area contributed by atoms with E-state index in [1.54, 1.807) is 18.2 Å². The zero-order chi connectivity index (χ0) is 10.6. The molecule has 0 spiro atoms. The first-order chi connectivity index (χ1) is 6.59. The van der Waals surface area contributed by atoms with Crippen LogP contribution in [0.3, 0.4) is 0 Å². The summed E-state index contributed by atoms with van der Waals surface area (Å²) >= 11 is 0. The molecule has 0 saturated carbocycles. The Labute approximate surface area is 81.1 Å². The Balaban J connectivity index is 2.78. The summed E-state index contributed by atoms with van der Waals surface area (Å²) in [7, 11) is 0. The first-order valence-corrected chi connectivity index (χ1v) is 4.16. The van der Waals surface area contributed by atoms with Crippen LogP contribution in [0.15, 0.2) is 30.3 Å². The van der Waals surface area contributed by atoms with Crippen LogP contribution in [0.1, 0.15) is 24.5 Å². The van der Waals surface area contributed by atoms with E-state index in [-0.39, 0.29) is 11.3 Å². The quantitative estimate of drug-likeness (QED) is 0.678. The fraction of sp³-hybridized carbons (Fsp3) is 0.182. The van der Waals surface area contributed by atoms with Gasteiger partial charge in [0.25, 0.3) is 6.43 Å². The lowest BCUT2D eigenvalue weighted by Gasteiger charge is -1.98. The van der Waals surface area contributed by atoms with E-state index in [0.717, 1.165) is 5.56 Å². The summed E-state index contributed by atoms with van der Waals surface area (Å²) in [4.78, 5) is 10.6. The van der Waals surface area contributed by atoms with Crippen LogP contribution in [0.4, 0.5) is 8.78 Å². The van der Waals surface area contributed by atoms with Crippen LogP contribution >= 0.6 is 0 Å². The normalized spacial score (nSPS) is 11.1. The van der Waals surface area contributed by atoms with Gasteiger partial charge < -0.3 is 0 Å². The van der Waals surface area contributed by atoms with Gasteiger partial charge in [-0.2, -0.15) is 0 Å². The molecule has 0 saturated heterocycles. The molecule has 1 aromatic rings. The second-order valence-electron chi connectivity index (χ2n) is 2.91. The molecule has 0 N–H and O–H groups in total. The van der Waals surface area contributed by atoms with Crippen LogP contribution in [-0.2, 0) is 4.79 Å². The molecule has 0 atom stereocenters. The highest BCUT2D eigenvalue weighted by Crippen LogP contribution is 2.18. The fourth-order valence-electron chi connectivity index (χ4n) is 0.966. The minimum absolute atomic E-state index is 0.00928. The third-order valence-corrected chi connectivity index (χ3v) is 1.70. The summed E-state index contributed by atoms with van der Waals surface area (Å²) in [6.07, 6.45) is 0.551. The third kappa shape index (κ3) is 3.09. The lowest BCUT2D eigenvalue weighted by Crippen LogP contribution is -1.84. The van der Waals surface area contributed by atoms with E-state index in [0.29, 0.717) is 0 Å². The topological polar surface area (TPSA) is 17.1 Å². The van der Waals surface area contributed by atoms with Crippen LogP contribution in [0, 0.1) is 0 Å². The van der Waals surface area contributed by atoms with E-state index in [1.165, 1.54) is 25.1 Å². The molecular weight excluding hydrogens is 186 g/mol. The average molecular weight is 196 g/mol. The highest BCUT2D eigenvalue weighted by molar-refractivity contribution is 5.91. The van der Waals surface area contributed by atoms with Crippen molar-refractivity contribution >= 4 is 11.9 Å². The Kier molecular flexibility index (Phi) is 3.51. The van der Waals surface area contributed by atoms with E-state index in [2.05, 4.69) is 0 Å². The summed E-state index contributed by atoms with van der Waals surface area (Å²) in [5.41, 5.74) is 0.731. The molecular formula is C11H10F2O. The number of halogens is 2. The van der Waals surface area contributed by atoms with Gasteiger partial charge in [0.05, 0.1) is 0 Å². The largest absolute Gasteiger partial charge is 0.295 e. The first-order valence-electron chi connectivity index (χ1n) is 4.16. The number of allylic oxidation sites excluding steroid dienone is 1. The van der Waals surface area contributed by atoms with Crippen molar-refractivity contribution in [3.63, 3.8) is 0 Å². The highest BCUT2D eigenvalue weighted by Gasteiger charge is 2.04. The maximum Gasteiger partial charge on any atom is 0.263 e. The van der Waals surface area contributed by atoms with Crippen LogP contribution in [0.2, 0.25) is 0 Å². The molecule has 0 heterocycles. The predicted molar refractivity (Wildman–Crippen MR) is 51.1 cm³/mol. The van der Waals surface area contributed by atoms with Gasteiger partial charge >= 0.3 is 0 Å². The number of carbonyl (C=O) groups is 1. The molecule has 0 aliphatic carbocycles. The minimum Gasteiger partial charge on any atom is -0.295 e. The molecule has 0 radical (unpaired) electrons. The van der Waals surface area contributed by atoms with E-state index in [4.69, 9.17) is 0 Å². The molecule has 3 heteroatoms. The SMILES string of the molecule is CC(=O)/C=C/c1ccc(C(F)F)cc1. The summed E-state index contributed by atoms with van der Waals surface area (Å²) in [6.45, 7) is 1.43. The van der Waals surface area contributed by atoms with E-state index in [1.807, 2.05) is 0 Å². The average Bonchev–Trinajstić information content (AvgIpc) is 2.15. The van der Waals surface area contributed by atoms with Crippen LogP contribution in [0.25, 0.3) is 6.08 Å². The molecule has 1 rings (SSSR count). The van der Waals surface area contributed by atoms with Gasteiger partial charge in [-0.3, -0.25) is 4.79 Å². The van der Waals surface area contributed by atoms with Crippen molar-refractivity contribution in [2.24, 2.45) is 0 Å². The van der Waals surface area contributed by atoms with Crippen molar-refractivity contribution in [2.45, 2.75) is 13.3 Å². The van der Waals surface area contributed by atoms with Gasteiger partial charge in [-0.1, -0.05) is 30.3 Å². The van der Waals surface area contributed by atoms with Crippen molar-refractivity contribution in [1.82, 2.24) is 0 Å². The molecule has 14 heavy (non-hydrogen) atoms. The van der Waals surface area contributed by atoms with E-state index in [9.17, 15) is 13.6 Å². The van der Waals surface area contributed by atoms with Crippen molar-refractivity contribution < 1.29 is 13.6 Å². The van der Waals surface area contributed by atoms with E-state index >= 15 is 0 Å². The molecule has 1 aromatic carbocycles. The summed E-state index contributed by atoms with van der Waals surface area (Å²) < 4.78 is 24.3. The number of hydrogen-bond acceptors (Lipinski definition) is 1. The van der Waals surface area contributed by atoms with E-state index < -0.39 is 6.43 Å². The Bertz CT molecular complexity index is 339. The molecule has 0 amide bonds. The maximum absolute atomic E-state index is 12.1. The molecule has 0 aliphatic heterocycles. The van der Waals surface area contributed by atoms with Gasteiger partial charge in [-0.25, -0.2) is 8.78 Å². The second kappa shape index (κ2) is 4.65. The van der Waals surface area contributed by atoms with Gasteiger partial charge in [-0.05, 0) is 18.6 Å². The van der Waals surface area contributed by atoms with Gasteiger partial charge in [0.2, 0.25) is 0 Å². The van der Waals surface area contributed by atoms with Gasteiger partial charge in [0.15, 0.2) is 5.78 Å². The number of benzene rings is 1. The highest BCUT2D eigenvalue weighted by atomic mass is 19.3. The lowest BCUT2D eigenvalue weighted by molar-refractivity contribution is -0.112. The van der Waals surface area contributed by atoms with Gasteiger partial charge in [-0.15, -0.1) is 0 Å². The van der Waals surface area contributed by atoms with Crippen LogP contribution < -0.4 is 0 Å². The summed E-state index contributed by atoms with van der Waals surface area (Å²) in [5.74, 6) is -0.0667. The fourth-order valence-corrected chi connectivity index (χ4v) is 0.966. The number of alkyl halides is 2. The van der Waals surface area contributed by atoms with Crippen molar-refractivity contribution in [1.29, 1.82) is 0 Å².